The maximum absolute atomic E-state index is 5.98. The molecule has 0 aromatic carbocycles. The van der Waals surface area contributed by atoms with Gasteiger partial charge in [0.25, 0.3) is 0 Å². The number of nitrogens with two attached hydrogens (primary N) is 1. The van der Waals surface area contributed by atoms with Crippen molar-refractivity contribution >= 4 is 5.95 Å². The van der Waals surface area contributed by atoms with E-state index in [-0.39, 0.29) is 0 Å². The third kappa shape index (κ3) is 3.43. The largest absolute Gasteiger partial charge is 0.354 e. The van der Waals surface area contributed by atoms with E-state index in [0.717, 1.165) is 55.2 Å². The van der Waals surface area contributed by atoms with Crippen LogP contribution in [0.4, 0.5) is 5.95 Å². The molecule has 0 bridgehead atoms. The van der Waals surface area contributed by atoms with Crippen LogP contribution in [0.1, 0.15) is 49.8 Å². The van der Waals surface area contributed by atoms with Gasteiger partial charge in [-0.15, -0.1) is 0 Å². The summed E-state index contributed by atoms with van der Waals surface area (Å²) in [5.74, 6) is 2.25. The molecule has 2 aromatic rings. The van der Waals surface area contributed by atoms with E-state index in [0.29, 0.717) is 18.0 Å². The van der Waals surface area contributed by atoms with Crippen LogP contribution < -0.4 is 11.1 Å². The van der Waals surface area contributed by atoms with E-state index in [1.54, 1.807) is 6.20 Å². The smallest absolute Gasteiger partial charge is 0.223 e. The molecule has 0 radical (unpaired) electrons. The van der Waals surface area contributed by atoms with Gasteiger partial charge in [0.15, 0.2) is 5.76 Å². The lowest BCUT2D eigenvalue weighted by atomic mass is 9.92. The Morgan fingerprint density at radius 1 is 1.21 bits per heavy atom. The van der Waals surface area contributed by atoms with Crippen LogP contribution in [-0.4, -0.2) is 27.2 Å². The van der Waals surface area contributed by atoms with E-state index in [1.165, 1.54) is 18.4 Å². The molecule has 2 fully saturated rings. The van der Waals surface area contributed by atoms with Gasteiger partial charge in [-0.1, -0.05) is 5.16 Å². The fourth-order valence-electron chi connectivity index (χ4n) is 3.44. The standard InChI is InChI=1S/C18H25N5O/c1-11-15(10-12-2-3-12)17(24-23-11)16-8-9-20-18(22-16)21-14-6-4-13(19)5-7-14/h8-9,12-14H,2-7,10,19H2,1H3,(H,20,21,22)/t13-,14-. The molecule has 4 rings (SSSR count). The van der Waals surface area contributed by atoms with Gasteiger partial charge in [-0.2, -0.15) is 0 Å². The lowest BCUT2D eigenvalue weighted by Crippen LogP contribution is -2.33. The van der Waals surface area contributed by atoms with Crippen molar-refractivity contribution in [3.8, 4) is 11.5 Å². The highest BCUT2D eigenvalue weighted by atomic mass is 16.5. The minimum absolute atomic E-state index is 0.345. The number of aryl methyl sites for hydroxylation is 1. The topological polar surface area (TPSA) is 89.9 Å². The molecule has 2 aliphatic carbocycles. The zero-order chi connectivity index (χ0) is 16.5. The lowest BCUT2D eigenvalue weighted by Gasteiger charge is -2.26. The van der Waals surface area contributed by atoms with Crippen LogP contribution >= 0.6 is 0 Å². The first kappa shape index (κ1) is 15.6. The van der Waals surface area contributed by atoms with Gasteiger partial charge in [-0.3, -0.25) is 0 Å². The van der Waals surface area contributed by atoms with Crippen molar-refractivity contribution in [1.29, 1.82) is 0 Å². The Morgan fingerprint density at radius 2 is 2.00 bits per heavy atom. The highest BCUT2D eigenvalue weighted by Crippen LogP contribution is 2.36. The molecule has 0 saturated heterocycles. The van der Waals surface area contributed by atoms with Crippen LogP contribution in [0.2, 0.25) is 0 Å². The van der Waals surface area contributed by atoms with Gasteiger partial charge in [0.2, 0.25) is 5.95 Å². The monoisotopic (exact) mass is 327 g/mol. The Balaban J connectivity index is 1.52. The first-order valence-electron chi connectivity index (χ1n) is 8.99. The summed E-state index contributed by atoms with van der Waals surface area (Å²) in [6.45, 7) is 2.01. The van der Waals surface area contributed by atoms with Crippen molar-refractivity contribution in [2.75, 3.05) is 5.32 Å². The fraction of sp³-hybridized carbons (Fsp3) is 0.611. The van der Waals surface area contributed by atoms with Crippen molar-refractivity contribution in [1.82, 2.24) is 15.1 Å². The number of hydrogen-bond donors (Lipinski definition) is 2. The summed E-state index contributed by atoms with van der Waals surface area (Å²) in [4.78, 5) is 9.04. The first-order valence-corrected chi connectivity index (χ1v) is 8.99. The summed E-state index contributed by atoms with van der Waals surface area (Å²) >= 11 is 0. The molecule has 3 N–H and O–H groups in total. The van der Waals surface area contributed by atoms with E-state index in [1.807, 2.05) is 13.0 Å². The van der Waals surface area contributed by atoms with Crippen molar-refractivity contribution in [3.05, 3.63) is 23.5 Å². The van der Waals surface area contributed by atoms with Crippen molar-refractivity contribution in [2.45, 2.75) is 64.0 Å². The van der Waals surface area contributed by atoms with Gasteiger partial charge in [-0.05, 0) is 63.9 Å². The molecular formula is C18H25N5O. The van der Waals surface area contributed by atoms with E-state index >= 15 is 0 Å². The molecule has 24 heavy (non-hydrogen) atoms. The van der Waals surface area contributed by atoms with Crippen LogP contribution in [0.25, 0.3) is 11.5 Å². The van der Waals surface area contributed by atoms with Crippen LogP contribution in [-0.2, 0) is 6.42 Å². The molecule has 6 nitrogen and oxygen atoms in total. The fourth-order valence-corrected chi connectivity index (χ4v) is 3.44. The summed E-state index contributed by atoms with van der Waals surface area (Å²) < 4.78 is 5.58. The average molecular weight is 327 g/mol. The Bertz CT molecular complexity index is 701. The van der Waals surface area contributed by atoms with E-state index < -0.39 is 0 Å². The molecule has 128 valence electrons. The normalized spacial score (nSPS) is 24.1. The second-order valence-corrected chi connectivity index (χ2v) is 7.24. The van der Waals surface area contributed by atoms with Crippen LogP contribution in [0.3, 0.4) is 0 Å². The lowest BCUT2D eigenvalue weighted by molar-refractivity contribution is 0.409. The van der Waals surface area contributed by atoms with Gasteiger partial charge >= 0.3 is 0 Å². The number of nitrogens with one attached hydrogen (secondary N) is 1. The Hall–Kier alpha value is -1.95. The van der Waals surface area contributed by atoms with Crippen LogP contribution in [0.5, 0.6) is 0 Å². The van der Waals surface area contributed by atoms with Gasteiger partial charge in [0.1, 0.15) is 5.69 Å². The van der Waals surface area contributed by atoms with Gasteiger partial charge < -0.3 is 15.6 Å². The third-order valence-corrected chi connectivity index (χ3v) is 5.17. The quantitative estimate of drug-likeness (QED) is 0.877. The van der Waals surface area contributed by atoms with Crippen LogP contribution in [0, 0.1) is 12.8 Å². The summed E-state index contributed by atoms with van der Waals surface area (Å²) in [6, 6.07) is 2.65. The summed E-state index contributed by atoms with van der Waals surface area (Å²) in [5, 5.41) is 7.61. The molecule has 0 unspecified atom stereocenters. The minimum Gasteiger partial charge on any atom is -0.354 e. The van der Waals surface area contributed by atoms with E-state index in [2.05, 4.69) is 20.4 Å². The maximum Gasteiger partial charge on any atom is 0.223 e. The molecule has 0 atom stereocenters. The van der Waals surface area contributed by atoms with Gasteiger partial charge in [0, 0.05) is 23.8 Å². The Morgan fingerprint density at radius 3 is 2.75 bits per heavy atom. The summed E-state index contributed by atoms with van der Waals surface area (Å²) in [7, 11) is 0. The second kappa shape index (κ2) is 6.51. The SMILES string of the molecule is Cc1noc(-c2ccnc(N[C@H]3CC[C@H](N)CC3)n2)c1CC1CC1. The van der Waals surface area contributed by atoms with Crippen LogP contribution in [0.15, 0.2) is 16.8 Å². The van der Waals surface area contributed by atoms with Gasteiger partial charge in [0.05, 0.1) is 5.69 Å². The molecule has 2 heterocycles. The number of anilines is 1. The molecular weight excluding hydrogens is 302 g/mol. The molecule has 0 aliphatic heterocycles. The van der Waals surface area contributed by atoms with Crippen molar-refractivity contribution in [3.63, 3.8) is 0 Å². The summed E-state index contributed by atoms with van der Waals surface area (Å²) in [5.41, 5.74) is 8.97. The van der Waals surface area contributed by atoms with E-state index in [9.17, 15) is 0 Å². The first-order chi connectivity index (χ1) is 11.7. The van der Waals surface area contributed by atoms with Gasteiger partial charge in [-0.25, -0.2) is 9.97 Å². The summed E-state index contributed by atoms with van der Waals surface area (Å²) in [6.07, 6.45) is 9.71. The highest BCUT2D eigenvalue weighted by molar-refractivity contribution is 5.59. The number of rotatable bonds is 5. The third-order valence-electron chi connectivity index (χ3n) is 5.17. The Kier molecular flexibility index (Phi) is 4.22. The average Bonchev–Trinajstić information content (AvgIpc) is 3.33. The highest BCUT2D eigenvalue weighted by Gasteiger charge is 2.27. The number of hydrogen-bond acceptors (Lipinski definition) is 6. The predicted octanol–water partition coefficient (Wildman–Crippen LogP) is 3.07. The zero-order valence-electron chi connectivity index (χ0n) is 14.2. The molecule has 0 amide bonds. The molecule has 0 spiro atoms. The second-order valence-electron chi connectivity index (χ2n) is 7.24. The molecule has 2 aliphatic rings. The van der Waals surface area contributed by atoms with Crippen molar-refractivity contribution in [2.24, 2.45) is 11.7 Å². The van der Waals surface area contributed by atoms with Crippen molar-refractivity contribution < 1.29 is 4.52 Å². The molecule has 6 heteroatoms. The number of nitrogens with zero attached hydrogens (tertiary/aromatic N) is 3. The predicted molar refractivity (Wildman–Crippen MR) is 92.5 cm³/mol. The maximum atomic E-state index is 5.98. The molecule has 2 saturated carbocycles. The zero-order valence-corrected chi connectivity index (χ0v) is 14.2. The number of aromatic nitrogens is 3. The Labute approximate surface area is 142 Å². The molecule has 2 aromatic heterocycles. The minimum atomic E-state index is 0.345. The van der Waals surface area contributed by atoms with E-state index in [4.69, 9.17) is 10.3 Å².